The molecular formula is C13H26AlO. The molecule has 2 heteroatoms. The Bertz CT molecular complexity index is 143. The van der Waals surface area contributed by atoms with Crippen LogP contribution in [0.25, 0.3) is 0 Å². The lowest BCUT2D eigenvalue weighted by Gasteiger charge is -2.23. The van der Waals surface area contributed by atoms with Crippen LogP contribution in [0.2, 0.25) is 5.28 Å². The standard InChI is InChI=1S/C7H15.C6H11O.Al/c1-4-6-7(3)5-2;7-6-4-2-1-3-5-6;/h7H,2,4-6H2,1,3H3;6H,1-5H2;/q;-1;+1. The summed E-state index contributed by atoms with van der Waals surface area (Å²) in [6, 6.07) is 0. The molecule has 0 aliphatic heterocycles. The van der Waals surface area contributed by atoms with Crippen LogP contribution in [0.3, 0.4) is 0 Å². The molecule has 0 spiro atoms. The average Bonchev–Trinajstić information content (AvgIpc) is 2.26. The number of rotatable bonds is 7. The first-order valence-electron chi connectivity index (χ1n) is 6.80. The summed E-state index contributed by atoms with van der Waals surface area (Å²) < 4.78 is 5.99. The maximum Gasteiger partial charge on any atom is 0.423 e. The van der Waals surface area contributed by atoms with E-state index >= 15 is 0 Å². The van der Waals surface area contributed by atoms with Gasteiger partial charge in [-0.3, -0.25) is 0 Å². The van der Waals surface area contributed by atoms with Gasteiger partial charge in [-0.1, -0.05) is 57.7 Å². The minimum Gasteiger partial charge on any atom is -0.504 e. The first kappa shape index (κ1) is 13.6. The summed E-state index contributed by atoms with van der Waals surface area (Å²) >= 11 is 0.284. The maximum absolute atomic E-state index is 5.99. The molecule has 0 aromatic heterocycles. The molecule has 1 nitrogen and oxygen atoms in total. The van der Waals surface area contributed by atoms with Crippen molar-refractivity contribution in [1.29, 1.82) is 0 Å². The molecule has 1 radical (unpaired) electrons. The molecule has 15 heavy (non-hydrogen) atoms. The zero-order valence-corrected chi connectivity index (χ0v) is 11.7. The lowest BCUT2D eigenvalue weighted by atomic mass is 9.98. The van der Waals surface area contributed by atoms with Gasteiger partial charge in [-0.15, -0.1) is 0 Å². The van der Waals surface area contributed by atoms with Gasteiger partial charge in [0.05, 0.1) is 0 Å². The van der Waals surface area contributed by atoms with Crippen molar-refractivity contribution in [3.63, 3.8) is 0 Å². The van der Waals surface area contributed by atoms with Gasteiger partial charge in [0, 0.05) is 6.10 Å². The van der Waals surface area contributed by atoms with Crippen LogP contribution >= 0.6 is 0 Å². The molecule has 1 rings (SSSR count). The summed E-state index contributed by atoms with van der Waals surface area (Å²) in [5.74, 6) is 0.914. The van der Waals surface area contributed by atoms with Crippen LogP contribution in [-0.4, -0.2) is 21.7 Å². The van der Waals surface area contributed by atoms with Crippen molar-refractivity contribution in [3.05, 3.63) is 0 Å². The van der Waals surface area contributed by atoms with E-state index < -0.39 is 0 Å². The zero-order valence-electron chi connectivity index (χ0n) is 10.5. The highest BCUT2D eigenvalue weighted by Gasteiger charge is 2.13. The Kier molecular flexibility index (Phi) is 7.79. The Balaban J connectivity index is 1.91. The molecule has 87 valence electrons. The van der Waals surface area contributed by atoms with Crippen molar-refractivity contribution in [3.8, 4) is 0 Å². The lowest BCUT2D eigenvalue weighted by Crippen LogP contribution is -2.18. The molecule has 0 bridgehead atoms. The molecule has 0 aromatic carbocycles. The van der Waals surface area contributed by atoms with E-state index in [4.69, 9.17) is 3.79 Å². The van der Waals surface area contributed by atoms with E-state index in [1.54, 1.807) is 0 Å². The molecule has 1 aliphatic rings. The predicted molar refractivity (Wildman–Crippen MR) is 67.2 cm³/mol. The highest BCUT2D eigenvalue weighted by atomic mass is 27.1. The van der Waals surface area contributed by atoms with E-state index in [1.807, 2.05) is 0 Å². The van der Waals surface area contributed by atoms with Crippen molar-refractivity contribution < 1.29 is 3.79 Å². The Hall–Kier alpha value is 0.492. The van der Waals surface area contributed by atoms with E-state index in [9.17, 15) is 0 Å². The summed E-state index contributed by atoms with van der Waals surface area (Å²) in [5.41, 5.74) is 0. The molecule has 0 saturated heterocycles. The minimum absolute atomic E-state index is 0.284. The molecule has 0 amide bonds. The number of hydrogen-bond acceptors (Lipinski definition) is 1. The van der Waals surface area contributed by atoms with E-state index in [1.165, 1.54) is 56.6 Å². The Morgan fingerprint density at radius 1 is 1.20 bits per heavy atom. The molecule has 1 fully saturated rings. The molecular weight excluding hydrogens is 199 g/mol. The minimum atomic E-state index is 0.284. The van der Waals surface area contributed by atoms with E-state index in [-0.39, 0.29) is 15.6 Å². The SMILES string of the molecule is CCCC(C)C[CH2][Al][O]C1CCCCC1. The van der Waals surface area contributed by atoms with Gasteiger partial charge in [-0.05, 0) is 18.8 Å². The van der Waals surface area contributed by atoms with Crippen molar-refractivity contribution in [2.75, 3.05) is 0 Å². The fraction of sp³-hybridized carbons (Fsp3) is 1.00. The first-order chi connectivity index (χ1) is 7.33. The highest BCUT2D eigenvalue weighted by Crippen LogP contribution is 2.20. The summed E-state index contributed by atoms with van der Waals surface area (Å²) in [4.78, 5) is 0. The predicted octanol–water partition coefficient (Wildman–Crippen LogP) is 4.20. The third-order valence-corrected chi connectivity index (χ3v) is 4.55. The summed E-state index contributed by atoms with van der Waals surface area (Å²) in [7, 11) is 0. The Morgan fingerprint density at radius 3 is 2.60 bits per heavy atom. The van der Waals surface area contributed by atoms with Crippen LogP contribution in [-0.2, 0) is 3.79 Å². The summed E-state index contributed by atoms with van der Waals surface area (Å²) in [6.45, 7) is 4.66. The molecule has 1 unspecified atom stereocenters. The van der Waals surface area contributed by atoms with E-state index in [2.05, 4.69) is 13.8 Å². The van der Waals surface area contributed by atoms with Gasteiger partial charge >= 0.3 is 15.6 Å². The van der Waals surface area contributed by atoms with Crippen LogP contribution in [0.4, 0.5) is 0 Å². The van der Waals surface area contributed by atoms with Crippen LogP contribution in [0, 0.1) is 5.92 Å². The number of hydrogen-bond donors (Lipinski definition) is 0. The molecule has 0 heterocycles. The van der Waals surface area contributed by atoms with Crippen LogP contribution in [0.5, 0.6) is 0 Å². The van der Waals surface area contributed by atoms with Crippen molar-refractivity contribution in [2.45, 2.75) is 76.6 Å². The van der Waals surface area contributed by atoms with Gasteiger partial charge in [0.25, 0.3) is 0 Å². The van der Waals surface area contributed by atoms with Gasteiger partial charge in [0.15, 0.2) is 0 Å². The monoisotopic (exact) mass is 225 g/mol. The van der Waals surface area contributed by atoms with Crippen molar-refractivity contribution in [1.82, 2.24) is 0 Å². The fourth-order valence-electron chi connectivity index (χ4n) is 2.40. The maximum atomic E-state index is 5.99. The lowest BCUT2D eigenvalue weighted by molar-refractivity contribution is 0.161. The second kappa shape index (κ2) is 8.62. The second-order valence-electron chi connectivity index (χ2n) is 5.03. The molecule has 1 atom stereocenters. The third kappa shape index (κ3) is 6.61. The van der Waals surface area contributed by atoms with Gasteiger partial charge in [0.2, 0.25) is 0 Å². The van der Waals surface area contributed by atoms with Crippen molar-refractivity contribution in [2.24, 2.45) is 5.92 Å². The smallest absolute Gasteiger partial charge is 0.423 e. The third-order valence-electron chi connectivity index (χ3n) is 3.40. The van der Waals surface area contributed by atoms with Gasteiger partial charge in [0.1, 0.15) is 0 Å². The van der Waals surface area contributed by atoms with E-state index in [0.29, 0.717) is 6.10 Å². The normalized spacial score (nSPS) is 20.1. The van der Waals surface area contributed by atoms with Crippen LogP contribution in [0.15, 0.2) is 0 Å². The molecule has 0 aromatic rings. The largest absolute Gasteiger partial charge is 0.504 e. The fourth-order valence-corrected chi connectivity index (χ4v) is 3.78. The van der Waals surface area contributed by atoms with Gasteiger partial charge in [-0.25, -0.2) is 0 Å². The Labute approximate surface area is 102 Å². The Morgan fingerprint density at radius 2 is 1.93 bits per heavy atom. The van der Waals surface area contributed by atoms with Gasteiger partial charge < -0.3 is 3.79 Å². The second-order valence-corrected chi connectivity index (χ2v) is 6.22. The van der Waals surface area contributed by atoms with Crippen LogP contribution in [0.1, 0.15) is 65.2 Å². The summed E-state index contributed by atoms with van der Waals surface area (Å²) in [5, 5.41) is 1.34. The molecule has 1 aliphatic carbocycles. The highest BCUT2D eigenvalue weighted by molar-refractivity contribution is 6.27. The zero-order chi connectivity index (χ0) is 10.9. The quantitative estimate of drug-likeness (QED) is 0.466. The van der Waals surface area contributed by atoms with E-state index in [0.717, 1.165) is 5.92 Å². The molecule has 0 N–H and O–H groups in total. The van der Waals surface area contributed by atoms with Crippen molar-refractivity contribution >= 4 is 15.6 Å². The topological polar surface area (TPSA) is 9.23 Å². The van der Waals surface area contributed by atoms with Crippen LogP contribution < -0.4 is 0 Å². The average molecular weight is 225 g/mol. The van der Waals surface area contributed by atoms with Gasteiger partial charge in [-0.2, -0.15) is 0 Å². The summed E-state index contributed by atoms with van der Waals surface area (Å²) in [6.07, 6.45) is 11.6. The first-order valence-corrected chi connectivity index (χ1v) is 8.09. The molecule has 1 saturated carbocycles.